The normalized spacial score (nSPS) is 10.4. The maximum atomic E-state index is 12.8. The van der Waals surface area contributed by atoms with Crippen LogP contribution in [0.3, 0.4) is 0 Å². The quantitative estimate of drug-likeness (QED) is 0.914. The second-order valence-corrected chi connectivity index (χ2v) is 4.40. The summed E-state index contributed by atoms with van der Waals surface area (Å²) in [7, 11) is 1.55. The SMILES string of the molecule is COCCn1cc(NC(=O)c2ccc(F)cc2)ccc1=O. The van der Waals surface area contributed by atoms with Crippen LogP contribution in [-0.2, 0) is 11.3 Å². The summed E-state index contributed by atoms with van der Waals surface area (Å²) in [5, 5.41) is 2.66. The average Bonchev–Trinajstić information content (AvgIpc) is 2.48. The number of carbonyl (C=O) groups excluding carboxylic acids is 1. The van der Waals surface area contributed by atoms with Gasteiger partial charge in [0.25, 0.3) is 11.5 Å². The van der Waals surface area contributed by atoms with E-state index < -0.39 is 5.82 Å². The van der Waals surface area contributed by atoms with Gasteiger partial charge in [-0.3, -0.25) is 9.59 Å². The lowest BCUT2D eigenvalue weighted by atomic mass is 10.2. The molecule has 110 valence electrons. The van der Waals surface area contributed by atoms with Gasteiger partial charge < -0.3 is 14.6 Å². The van der Waals surface area contributed by atoms with E-state index in [0.29, 0.717) is 24.4 Å². The maximum Gasteiger partial charge on any atom is 0.255 e. The van der Waals surface area contributed by atoms with E-state index in [4.69, 9.17) is 4.74 Å². The van der Waals surface area contributed by atoms with Crippen molar-refractivity contribution in [2.75, 3.05) is 19.0 Å². The summed E-state index contributed by atoms with van der Waals surface area (Å²) >= 11 is 0. The summed E-state index contributed by atoms with van der Waals surface area (Å²) in [4.78, 5) is 23.6. The van der Waals surface area contributed by atoms with Gasteiger partial charge in [-0.05, 0) is 30.3 Å². The van der Waals surface area contributed by atoms with Crippen molar-refractivity contribution in [3.63, 3.8) is 0 Å². The zero-order valence-corrected chi connectivity index (χ0v) is 11.5. The minimum absolute atomic E-state index is 0.174. The molecule has 1 aromatic carbocycles. The van der Waals surface area contributed by atoms with Gasteiger partial charge in [0.1, 0.15) is 5.82 Å². The molecule has 0 fully saturated rings. The van der Waals surface area contributed by atoms with E-state index in [1.165, 1.54) is 41.0 Å². The Hall–Kier alpha value is -2.47. The predicted octanol–water partition coefficient (Wildman–Crippen LogP) is 1.89. The van der Waals surface area contributed by atoms with E-state index in [-0.39, 0.29) is 11.5 Å². The van der Waals surface area contributed by atoms with E-state index in [2.05, 4.69) is 5.32 Å². The third-order valence-electron chi connectivity index (χ3n) is 2.88. The summed E-state index contributed by atoms with van der Waals surface area (Å²) < 4.78 is 19.2. The van der Waals surface area contributed by atoms with Crippen LogP contribution in [0.4, 0.5) is 10.1 Å². The molecule has 2 rings (SSSR count). The molecule has 1 heterocycles. The first-order chi connectivity index (χ1) is 10.1. The molecule has 1 amide bonds. The molecule has 0 aliphatic heterocycles. The lowest BCUT2D eigenvalue weighted by molar-refractivity contribution is 0.102. The van der Waals surface area contributed by atoms with Crippen LogP contribution < -0.4 is 10.9 Å². The Balaban J connectivity index is 2.13. The van der Waals surface area contributed by atoms with E-state index in [9.17, 15) is 14.0 Å². The summed E-state index contributed by atoms with van der Waals surface area (Å²) in [6.07, 6.45) is 1.54. The molecule has 0 atom stereocenters. The lowest BCUT2D eigenvalue weighted by Gasteiger charge is -2.09. The monoisotopic (exact) mass is 290 g/mol. The minimum Gasteiger partial charge on any atom is -0.383 e. The zero-order valence-electron chi connectivity index (χ0n) is 11.5. The largest absolute Gasteiger partial charge is 0.383 e. The van der Waals surface area contributed by atoms with E-state index in [1.807, 2.05) is 0 Å². The molecule has 1 N–H and O–H groups in total. The van der Waals surface area contributed by atoms with Gasteiger partial charge in [0, 0.05) is 31.5 Å². The number of nitrogens with one attached hydrogen (secondary N) is 1. The first kappa shape index (κ1) is 14.9. The van der Waals surface area contributed by atoms with Crippen molar-refractivity contribution >= 4 is 11.6 Å². The number of anilines is 1. The number of amides is 1. The molecule has 0 aliphatic rings. The van der Waals surface area contributed by atoms with Gasteiger partial charge in [0.05, 0.1) is 12.3 Å². The van der Waals surface area contributed by atoms with Crippen molar-refractivity contribution in [3.05, 3.63) is 64.3 Å². The summed E-state index contributed by atoms with van der Waals surface area (Å²) in [6, 6.07) is 8.11. The number of hydrogen-bond donors (Lipinski definition) is 1. The molecule has 0 bridgehead atoms. The molecular weight excluding hydrogens is 275 g/mol. The smallest absolute Gasteiger partial charge is 0.255 e. The number of carbonyl (C=O) groups is 1. The Morgan fingerprint density at radius 3 is 2.62 bits per heavy atom. The Labute approximate surface area is 121 Å². The molecule has 1 aromatic heterocycles. The molecule has 0 unspecified atom stereocenters. The lowest BCUT2D eigenvalue weighted by Crippen LogP contribution is -2.22. The third kappa shape index (κ3) is 4.00. The third-order valence-corrected chi connectivity index (χ3v) is 2.88. The molecule has 0 radical (unpaired) electrons. The Kier molecular flexibility index (Phi) is 4.84. The van der Waals surface area contributed by atoms with E-state index >= 15 is 0 Å². The highest BCUT2D eigenvalue weighted by Crippen LogP contribution is 2.08. The van der Waals surface area contributed by atoms with Crippen molar-refractivity contribution in [2.24, 2.45) is 0 Å². The fraction of sp³-hybridized carbons (Fsp3) is 0.200. The molecule has 5 nitrogen and oxygen atoms in total. The van der Waals surface area contributed by atoms with Crippen molar-refractivity contribution in [1.82, 2.24) is 4.57 Å². The van der Waals surface area contributed by atoms with Crippen LogP contribution in [0.5, 0.6) is 0 Å². The van der Waals surface area contributed by atoms with Crippen molar-refractivity contribution in [2.45, 2.75) is 6.54 Å². The van der Waals surface area contributed by atoms with Gasteiger partial charge in [0.15, 0.2) is 0 Å². The van der Waals surface area contributed by atoms with Crippen LogP contribution in [0, 0.1) is 5.82 Å². The van der Waals surface area contributed by atoms with Crippen molar-refractivity contribution < 1.29 is 13.9 Å². The highest BCUT2D eigenvalue weighted by molar-refractivity contribution is 6.04. The highest BCUT2D eigenvalue weighted by atomic mass is 19.1. The second-order valence-electron chi connectivity index (χ2n) is 4.40. The molecule has 0 spiro atoms. The van der Waals surface area contributed by atoms with Crippen LogP contribution in [0.15, 0.2) is 47.4 Å². The number of methoxy groups -OCH3 is 1. The van der Waals surface area contributed by atoms with Crippen molar-refractivity contribution in [1.29, 1.82) is 0 Å². The Bertz CT molecular complexity index is 680. The fourth-order valence-electron chi connectivity index (χ4n) is 1.77. The van der Waals surface area contributed by atoms with Gasteiger partial charge in [-0.2, -0.15) is 0 Å². The number of ether oxygens (including phenoxy) is 1. The molecule has 2 aromatic rings. The second kappa shape index (κ2) is 6.81. The number of rotatable bonds is 5. The summed E-state index contributed by atoms with van der Waals surface area (Å²) in [5.41, 5.74) is 0.651. The van der Waals surface area contributed by atoms with Crippen molar-refractivity contribution in [3.8, 4) is 0 Å². The van der Waals surface area contributed by atoms with E-state index in [0.717, 1.165) is 0 Å². The maximum absolute atomic E-state index is 12.8. The number of aromatic nitrogens is 1. The Morgan fingerprint density at radius 2 is 1.95 bits per heavy atom. The minimum atomic E-state index is -0.403. The number of benzene rings is 1. The number of halogens is 1. The summed E-state index contributed by atoms with van der Waals surface area (Å²) in [5.74, 6) is -0.772. The van der Waals surface area contributed by atoms with Gasteiger partial charge in [0.2, 0.25) is 0 Å². The van der Waals surface area contributed by atoms with Gasteiger partial charge in [-0.15, -0.1) is 0 Å². The van der Waals surface area contributed by atoms with Crippen LogP contribution in [0.2, 0.25) is 0 Å². The van der Waals surface area contributed by atoms with Crippen LogP contribution in [0.1, 0.15) is 10.4 Å². The van der Waals surface area contributed by atoms with Crippen LogP contribution in [-0.4, -0.2) is 24.2 Å². The molecular formula is C15H15FN2O3. The Morgan fingerprint density at radius 1 is 1.24 bits per heavy atom. The first-order valence-electron chi connectivity index (χ1n) is 6.36. The fourth-order valence-corrected chi connectivity index (χ4v) is 1.77. The molecule has 21 heavy (non-hydrogen) atoms. The molecule has 0 saturated carbocycles. The first-order valence-corrected chi connectivity index (χ1v) is 6.36. The molecule has 6 heteroatoms. The number of pyridine rings is 1. The van der Waals surface area contributed by atoms with Gasteiger partial charge >= 0.3 is 0 Å². The van der Waals surface area contributed by atoms with Crippen LogP contribution in [0.25, 0.3) is 0 Å². The van der Waals surface area contributed by atoms with Crippen LogP contribution >= 0.6 is 0 Å². The molecule has 0 aliphatic carbocycles. The topological polar surface area (TPSA) is 60.3 Å². The number of hydrogen-bond acceptors (Lipinski definition) is 3. The summed E-state index contributed by atoms with van der Waals surface area (Å²) in [6.45, 7) is 0.796. The van der Waals surface area contributed by atoms with E-state index in [1.54, 1.807) is 13.3 Å². The highest BCUT2D eigenvalue weighted by Gasteiger charge is 2.07. The van der Waals surface area contributed by atoms with Gasteiger partial charge in [-0.1, -0.05) is 0 Å². The number of nitrogens with zero attached hydrogens (tertiary/aromatic N) is 1. The van der Waals surface area contributed by atoms with Gasteiger partial charge in [-0.25, -0.2) is 4.39 Å². The molecule has 0 saturated heterocycles. The predicted molar refractivity (Wildman–Crippen MR) is 76.9 cm³/mol. The average molecular weight is 290 g/mol. The standard InChI is InChI=1S/C15H15FN2O3/c1-21-9-8-18-10-13(6-7-14(18)19)17-15(20)11-2-4-12(16)5-3-11/h2-7,10H,8-9H2,1H3,(H,17,20). The zero-order chi connectivity index (χ0) is 15.2.